The summed E-state index contributed by atoms with van der Waals surface area (Å²) in [5.41, 5.74) is 4.36. The first-order chi connectivity index (χ1) is 7.94. The molecular formula is C15H24ClN. The molecule has 0 aromatic heterocycles. The van der Waals surface area contributed by atoms with Gasteiger partial charge in [-0.2, -0.15) is 0 Å². The summed E-state index contributed by atoms with van der Waals surface area (Å²) in [6, 6.07) is 6.61. The Bertz CT molecular complexity index is 358. The number of benzene rings is 1. The molecule has 1 rings (SSSR count). The fourth-order valence-electron chi connectivity index (χ4n) is 1.87. The number of halogens is 1. The minimum Gasteiger partial charge on any atom is -0.312 e. The Morgan fingerprint density at radius 2 is 1.94 bits per heavy atom. The SMILES string of the molecule is Cc1ccc(C)c(CNCC(C)(C)CCCl)c1. The average Bonchev–Trinajstić information content (AvgIpc) is 2.23. The molecule has 17 heavy (non-hydrogen) atoms. The average molecular weight is 254 g/mol. The zero-order chi connectivity index (χ0) is 12.9. The molecule has 0 heterocycles. The van der Waals surface area contributed by atoms with Crippen molar-refractivity contribution in [3.63, 3.8) is 0 Å². The topological polar surface area (TPSA) is 12.0 Å². The van der Waals surface area contributed by atoms with E-state index in [0.717, 1.165) is 25.4 Å². The molecular weight excluding hydrogens is 230 g/mol. The maximum absolute atomic E-state index is 5.80. The summed E-state index contributed by atoms with van der Waals surface area (Å²) in [5.74, 6) is 0.734. The molecule has 1 nitrogen and oxygen atoms in total. The minimum atomic E-state index is 0.277. The molecule has 0 radical (unpaired) electrons. The van der Waals surface area contributed by atoms with Crippen LogP contribution in [0.1, 0.15) is 37.0 Å². The molecule has 1 aromatic carbocycles. The first-order valence-corrected chi connectivity index (χ1v) is 6.81. The van der Waals surface area contributed by atoms with E-state index < -0.39 is 0 Å². The highest BCUT2D eigenvalue weighted by Gasteiger charge is 2.16. The van der Waals surface area contributed by atoms with E-state index in [1.54, 1.807) is 0 Å². The molecule has 0 amide bonds. The molecule has 0 fully saturated rings. The van der Waals surface area contributed by atoms with Crippen LogP contribution in [0.4, 0.5) is 0 Å². The van der Waals surface area contributed by atoms with E-state index in [0.29, 0.717) is 0 Å². The van der Waals surface area contributed by atoms with Gasteiger partial charge in [-0.25, -0.2) is 0 Å². The molecule has 0 aliphatic heterocycles. The third-order valence-electron chi connectivity index (χ3n) is 3.19. The van der Waals surface area contributed by atoms with Crippen LogP contribution < -0.4 is 5.32 Å². The third-order valence-corrected chi connectivity index (χ3v) is 3.38. The van der Waals surface area contributed by atoms with Crippen molar-refractivity contribution < 1.29 is 0 Å². The molecule has 2 heteroatoms. The van der Waals surface area contributed by atoms with Gasteiger partial charge in [0.2, 0.25) is 0 Å². The van der Waals surface area contributed by atoms with Crippen molar-refractivity contribution in [2.75, 3.05) is 12.4 Å². The predicted octanol–water partition coefficient (Wildman–Crippen LogP) is 4.05. The summed E-state index contributed by atoms with van der Waals surface area (Å²) in [4.78, 5) is 0. The van der Waals surface area contributed by atoms with Gasteiger partial charge in [-0.15, -0.1) is 11.6 Å². The van der Waals surface area contributed by atoms with E-state index in [1.807, 2.05) is 0 Å². The van der Waals surface area contributed by atoms with Gasteiger partial charge in [0.1, 0.15) is 0 Å². The van der Waals surface area contributed by atoms with Crippen LogP contribution in [0.25, 0.3) is 0 Å². The summed E-state index contributed by atoms with van der Waals surface area (Å²) in [6.45, 7) is 10.8. The number of hydrogen-bond donors (Lipinski definition) is 1. The zero-order valence-electron chi connectivity index (χ0n) is 11.4. The highest BCUT2D eigenvalue weighted by atomic mass is 35.5. The predicted molar refractivity (Wildman–Crippen MR) is 76.7 cm³/mol. The minimum absolute atomic E-state index is 0.277. The summed E-state index contributed by atoms with van der Waals surface area (Å²) in [7, 11) is 0. The second-order valence-electron chi connectivity index (χ2n) is 5.64. The fraction of sp³-hybridized carbons (Fsp3) is 0.600. The fourth-order valence-corrected chi connectivity index (χ4v) is 2.38. The monoisotopic (exact) mass is 253 g/mol. The van der Waals surface area contributed by atoms with Crippen molar-refractivity contribution in [2.24, 2.45) is 5.41 Å². The van der Waals surface area contributed by atoms with Crippen LogP contribution in [-0.2, 0) is 6.54 Å². The zero-order valence-corrected chi connectivity index (χ0v) is 12.2. The van der Waals surface area contributed by atoms with Gasteiger partial charge in [0.25, 0.3) is 0 Å². The second kappa shape index (κ2) is 6.42. The van der Waals surface area contributed by atoms with E-state index >= 15 is 0 Å². The summed E-state index contributed by atoms with van der Waals surface area (Å²) in [6.07, 6.45) is 1.05. The number of rotatable bonds is 6. The molecule has 1 aromatic rings. The van der Waals surface area contributed by atoms with Gasteiger partial charge in [-0.3, -0.25) is 0 Å². The Kier molecular flexibility index (Phi) is 5.48. The highest BCUT2D eigenvalue weighted by Crippen LogP contribution is 2.20. The number of alkyl halides is 1. The molecule has 0 saturated carbocycles. The smallest absolute Gasteiger partial charge is 0.0229 e. The molecule has 1 N–H and O–H groups in total. The van der Waals surface area contributed by atoms with Crippen molar-refractivity contribution in [2.45, 2.75) is 40.7 Å². The summed E-state index contributed by atoms with van der Waals surface area (Å²) in [5, 5.41) is 3.54. The van der Waals surface area contributed by atoms with Gasteiger partial charge in [-0.05, 0) is 36.8 Å². The Balaban J connectivity index is 2.48. The van der Waals surface area contributed by atoms with Gasteiger partial charge in [0.15, 0.2) is 0 Å². The second-order valence-corrected chi connectivity index (χ2v) is 6.01. The van der Waals surface area contributed by atoms with Crippen molar-refractivity contribution in [1.82, 2.24) is 5.32 Å². The van der Waals surface area contributed by atoms with Gasteiger partial charge in [0, 0.05) is 19.0 Å². The van der Waals surface area contributed by atoms with Crippen LogP contribution in [-0.4, -0.2) is 12.4 Å². The van der Waals surface area contributed by atoms with Crippen molar-refractivity contribution >= 4 is 11.6 Å². The number of aryl methyl sites for hydroxylation is 2. The Hall–Kier alpha value is -0.530. The van der Waals surface area contributed by atoms with Crippen LogP contribution in [0.3, 0.4) is 0 Å². The van der Waals surface area contributed by atoms with E-state index in [9.17, 15) is 0 Å². The lowest BCUT2D eigenvalue weighted by atomic mass is 9.90. The molecule has 0 saturated heterocycles. The van der Waals surface area contributed by atoms with Crippen LogP contribution in [0.2, 0.25) is 0 Å². The first kappa shape index (κ1) is 14.5. The molecule has 0 spiro atoms. The van der Waals surface area contributed by atoms with Crippen molar-refractivity contribution in [3.05, 3.63) is 34.9 Å². The normalized spacial score (nSPS) is 11.8. The maximum atomic E-state index is 5.80. The largest absolute Gasteiger partial charge is 0.312 e. The van der Waals surface area contributed by atoms with E-state index in [-0.39, 0.29) is 5.41 Å². The first-order valence-electron chi connectivity index (χ1n) is 6.27. The van der Waals surface area contributed by atoms with Crippen LogP contribution >= 0.6 is 11.6 Å². The van der Waals surface area contributed by atoms with Gasteiger partial charge in [0.05, 0.1) is 0 Å². The summed E-state index contributed by atoms with van der Waals surface area (Å²) >= 11 is 5.80. The molecule has 0 bridgehead atoms. The quantitative estimate of drug-likeness (QED) is 0.755. The highest BCUT2D eigenvalue weighted by molar-refractivity contribution is 6.17. The third kappa shape index (κ3) is 5.10. The molecule has 96 valence electrons. The van der Waals surface area contributed by atoms with Gasteiger partial charge >= 0.3 is 0 Å². The lowest BCUT2D eigenvalue weighted by molar-refractivity contribution is 0.329. The van der Waals surface area contributed by atoms with Crippen molar-refractivity contribution in [1.29, 1.82) is 0 Å². The van der Waals surface area contributed by atoms with E-state index in [2.05, 4.69) is 51.2 Å². The van der Waals surface area contributed by atoms with Crippen LogP contribution in [0, 0.1) is 19.3 Å². The van der Waals surface area contributed by atoms with E-state index in [1.165, 1.54) is 16.7 Å². The van der Waals surface area contributed by atoms with E-state index in [4.69, 9.17) is 11.6 Å². The molecule has 0 aliphatic rings. The summed E-state index contributed by atoms with van der Waals surface area (Å²) < 4.78 is 0. The maximum Gasteiger partial charge on any atom is 0.0229 e. The van der Waals surface area contributed by atoms with Crippen LogP contribution in [0.15, 0.2) is 18.2 Å². The van der Waals surface area contributed by atoms with Crippen LogP contribution in [0.5, 0.6) is 0 Å². The molecule has 0 aliphatic carbocycles. The lowest BCUT2D eigenvalue weighted by Gasteiger charge is -2.24. The number of hydrogen-bond acceptors (Lipinski definition) is 1. The van der Waals surface area contributed by atoms with Gasteiger partial charge < -0.3 is 5.32 Å². The van der Waals surface area contributed by atoms with Gasteiger partial charge in [-0.1, -0.05) is 37.6 Å². The Labute approximate surface area is 111 Å². The van der Waals surface area contributed by atoms with Crippen molar-refractivity contribution in [3.8, 4) is 0 Å². The lowest BCUT2D eigenvalue weighted by Crippen LogP contribution is -2.29. The number of nitrogens with one attached hydrogen (secondary N) is 1. The molecule has 0 unspecified atom stereocenters. The standard InChI is InChI=1S/C15H24ClN/c1-12-5-6-13(2)14(9-12)10-17-11-15(3,4)7-8-16/h5-6,9,17H,7-8,10-11H2,1-4H3. The Morgan fingerprint density at radius 3 is 2.59 bits per heavy atom. The molecule has 0 atom stereocenters. The Morgan fingerprint density at radius 1 is 1.24 bits per heavy atom.